The van der Waals surface area contributed by atoms with Crippen LogP contribution in [-0.4, -0.2) is 17.1 Å². The van der Waals surface area contributed by atoms with Crippen LogP contribution in [0.25, 0.3) is 11.3 Å². The lowest BCUT2D eigenvalue weighted by Gasteiger charge is -2.33. The summed E-state index contributed by atoms with van der Waals surface area (Å²) in [4.78, 5) is 4.32. The molecular formula is C16H15F3N2O. The molecule has 0 fully saturated rings. The fourth-order valence-corrected chi connectivity index (χ4v) is 2.31. The van der Waals surface area contributed by atoms with Crippen molar-refractivity contribution in [2.45, 2.75) is 25.6 Å². The number of aromatic nitrogens is 1. The van der Waals surface area contributed by atoms with Crippen LogP contribution in [0.3, 0.4) is 0 Å². The number of pyridine rings is 1. The molecule has 6 heteroatoms. The molecule has 2 aromatic rings. The van der Waals surface area contributed by atoms with Crippen molar-refractivity contribution in [3.05, 3.63) is 42.0 Å². The number of hydrogen-bond donors (Lipinski definition) is 1. The van der Waals surface area contributed by atoms with E-state index in [0.29, 0.717) is 23.7 Å². The van der Waals surface area contributed by atoms with Gasteiger partial charge in [-0.05, 0) is 38.1 Å². The second kappa shape index (κ2) is 4.90. The Bertz CT molecular complexity index is 711. The fourth-order valence-electron chi connectivity index (χ4n) is 2.31. The highest BCUT2D eigenvalue weighted by atomic mass is 19.4. The summed E-state index contributed by atoms with van der Waals surface area (Å²) in [5, 5.41) is 3.28. The number of benzene rings is 1. The molecule has 116 valence electrons. The Morgan fingerprint density at radius 1 is 1.18 bits per heavy atom. The highest BCUT2D eigenvalue weighted by Gasteiger charge is 2.31. The lowest BCUT2D eigenvalue weighted by Crippen LogP contribution is -2.41. The first-order valence-electron chi connectivity index (χ1n) is 6.84. The van der Waals surface area contributed by atoms with Gasteiger partial charge in [-0.3, -0.25) is 0 Å². The van der Waals surface area contributed by atoms with Gasteiger partial charge in [-0.2, -0.15) is 13.2 Å². The zero-order valence-electron chi connectivity index (χ0n) is 12.2. The second-order valence-corrected chi connectivity index (χ2v) is 5.93. The number of nitrogens with one attached hydrogen (secondary N) is 1. The predicted octanol–water partition coefficient (Wildman–Crippen LogP) is 4.35. The van der Waals surface area contributed by atoms with Gasteiger partial charge in [-0.1, -0.05) is 12.1 Å². The Morgan fingerprint density at radius 3 is 2.68 bits per heavy atom. The normalized spacial score (nSPS) is 16.4. The van der Waals surface area contributed by atoms with Crippen LogP contribution in [0.2, 0.25) is 0 Å². The summed E-state index contributed by atoms with van der Waals surface area (Å²) in [5.74, 6) is 0.411. The third-order valence-electron chi connectivity index (χ3n) is 3.39. The van der Waals surface area contributed by atoms with Crippen LogP contribution >= 0.6 is 0 Å². The Labute approximate surface area is 126 Å². The van der Waals surface area contributed by atoms with Gasteiger partial charge in [-0.25, -0.2) is 4.98 Å². The van der Waals surface area contributed by atoms with E-state index >= 15 is 0 Å². The van der Waals surface area contributed by atoms with E-state index in [9.17, 15) is 13.2 Å². The van der Waals surface area contributed by atoms with Gasteiger partial charge in [0, 0.05) is 5.56 Å². The lowest BCUT2D eigenvalue weighted by molar-refractivity contribution is -0.137. The van der Waals surface area contributed by atoms with Gasteiger partial charge in [0.15, 0.2) is 0 Å². The summed E-state index contributed by atoms with van der Waals surface area (Å²) in [6.45, 7) is 4.44. The largest absolute Gasteiger partial charge is 0.474 e. The number of alkyl halides is 3. The van der Waals surface area contributed by atoms with Crippen molar-refractivity contribution in [2.75, 3.05) is 11.9 Å². The number of ether oxygens (including phenoxy) is 1. The van der Waals surface area contributed by atoms with Crippen LogP contribution < -0.4 is 10.1 Å². The van der Waals surface area contributed by atoms with Crippen molar-refractivity contribution in [3.8, 4) is 17.1 Å². The molecule has 0 amide bonds. The minimum Gasteiger partial charge on any atom is -0.474 e. The first-order chi connectivity index (χ1) is 10.2. The molecular weight excluding hydrogens is 293 g/mol. The summed E-state index contributed by atoms with van der Waals surface area (Å²) >= 11 is 0. The number of fused-ring (bicyclic) bond motifs is 1. The van der Waals surface area contributed by atoms with Gasteiger partial charge in [-0.15, -0.1) is 0 Å². The molecule has 3 nitrogen and oxygen atoms in total. The Balaban J connectivity index is 1.97. The van der Waals surface area contributed by atoms with E-state index in [-0.39, 0.29) is 5.54 Å². The van der Waals surface area contributed by atoms with Crippen LogP contribution in [-0.2, 0) is 6.18 Å². The number of anilines is 1. The molecule has 0 saturated heterocycles. The Morgan fingerprint density at radius 2 is 1.95 bits per heavy atom. The van der Waals surface area contributed by atoms with Crippen LogP contribution in [0.4, 0.5) is 18.9 Å². The highest BCUT2D eigenvalue weighted by molar-refractivity contribution is 5.66. The van der Waals surface area contributed by atoms with Gasteiger partial charge < -0.3 is 10.1 Å². The lowest BCUT2D eigenvalue weighted by atomic mass is 10.0. The Kier molecular flexibility index (Phi) is 3.27. The van der Waals surface area contributed by atoms with Crippen LogP contribution in [0, 0.1) is 0 Å². The average Bonchev–Trinajstić information content (AvgIpc) is 2.45. The van der Waals surface area contributed by atoms with Crippen LogP contribution in [0.15, 0.2) is 36.4 Å². The topological polar surface area (TPSA) is 34.1 Å². The molecule has 0 spiro atoms. The first kappa shape index (κ1) is 14.7. The zero-order chi connectivity index (χ0) is 16.0. The minimum absolute atomic E-state index is 0.202. The molecule has 0 unspecified atom stereocenters. The van der Waals surface area contributed by atoms with E-state index in [1.54, 1.807) is 18.2 Å². The van der Waals surface area contributed by atoms with Gasteiger partial charge in [0.25, 0.3) is 0 Å². The maximum absolute atomic E-state index is 12.8. The summed E-state index contributed by atoms with van der Waals surface area (Å²) in [5.41, 5.74) is 0.709. The first-order valence-corrected chi connectivity index (χ1v) is 6.84. The van der Waals surface area contributed by atoms with E-state index in [1.165, 1.54) is 6.07 Å². The second-order valence-electron chi connectivity index (χ2n) is 5.93. The van der Waals surface area contributed by atoms with Crippen molar-refractivity contribution >= 4 is 5.69 Å². The van der Waals surface area contributed by atoms with E-state index in [0.717, 1.165) is 17.8 Å². The molecule has 1 aliphatic heterocycles. The third kappa shape index (κ3) is 2.86. The van der Waals surface area contributed by atoms with Gasteiger partial charge in [0.05, 0.1) is 22.5 Å². The maximum Gasteiger partial charge on any atom is 0.416 e. The molecule has 2 heterocycles. The molecule has 3 rings (SSSR count). The van der Waals surface area contributed by atoms with Crippen molar-refractivity contribution < 1.29 is 17.9 Å². The summed E-state index contributed by atoms with van der Waals surface area (Å²) < 4.78 is 44.0. The van der Waals surface area contributed by atoms with E-state index in [2.05, 4.69) is 10.3 Å². The molecule has 1 aromatic heterocycles. The van der Waals surface area contributed by atoms with Crippen LogP contribution in [0.1, 0.15) is 19.4 Å². The quantitative estimate of drug-likeness (QED) is 0.850. The number of nitrogens with zero attached hydrogens (tertiary/aromatic N) is 1. The molecule has 1 N–H and O–H groups in total. The van der Waals surface area contributed by atoms with E-state index in [4.69, 9.17) is 4.74 Å². The summed E-state index contributed by atoms with van der Waals surface area (Å²) in [6, 6.07) is 8.58. The summed E-state index contributed by atoms with van der Waals surface area (Å²) in [7, 11) is 0. The number of rotatable bonds is 1. The molecule has 1 aliphatic rings. The molecule has 0 bridgehead atoms. The maximum atomic E-state index is 12.8. The monoisotopic (exact) mass is 308 g/mol. The highest BCUT2D eigenvalue weighted by Crippen LogP contribution is 2.35. The van der Waals surface area contributed by atoms with Gasteiger partial charge in [0.2, 0.25) is 5.88 Å². The van der Waals surface area contributed by atoms with E-state index < -0.39 is 11.7 Å². The predicted molar refractivity (Wildman–Crippen MR) is 77.9 cm³/mol. The molecule has 22 heavy (non-hydrogen) atoms. The molecule has 0 radical (unpaired) electrons. The Hall–Kier alpha value is -2.24. The van der Waals surface area contributed by atoms with Crippen LogP contribution in [0.5, 0.6) is 5.88 Å². The smallest absolute Gasteiger partial charge is 0.416 e. The minimum atomic E-state index is -4.37. The standard InChI is InChI=1S/C16H15F3N2O/c1-15(2)9-22-14-13(21-15)7-6-12(20-14)10-4-3-5-11(8-10)16(17,18)19/h3-8,21H,9H2,1-2H3. The molecule has 0 saturated carbocycles. The van der Waals surface area contributed by atoms with Gasteiger partial charge >= 0.3 is 6.18 Å². The van der Waals surface area contributed by atoms with Crippen molar-refractivity contribution in [1.82, 2.24) is 4.98 Å². The molecule has 0 aliphatic carbocycles. The molecule has 1 aromatic carbocycles. The van der Waals surface area contributed by atoms with Gasteiger partial charge in [0.1, 0.15) is 6.61 Å². The van der Waals surface area contributed by atoms with Crippen molar-refractivity contribution in [1.29, 1.82) is 0 Å². The van der Waals surface area contributed by atoms with E-state index in [1.807, 2.05) is 13.8 Å². The van der Waals surface area contributed by atoms with Crippen molar-refractivity contribution in [3.63, 3.8) is 0 Å². The molecule has 0 atom stereocenters. The van der Waals surface area contributed by atoms with Crippen molar-refractivity contribution in [2.24, 2.45) is 0 Å². The number of hydrogen-bond acceptors (Lipinski definition) is 3. The fraction of sp³-hybridized carbons (Fsp3) is 0.312. The average molecular weight is 308 g/mol. The third-order valence-corrected chi connectivity index (χ3v) is 3.39. The zero-order valence-corrected chi connectivity index (χ0v) is 12.2. The summed E-state index contributed by atoms with van der Waals surface area (Å²) in [6.07, 6.45) is -4.37. The SMILES string of the molecule is CC1(C)COc2nc(-c3cccc(C(F)(F)F)c3)ccc2N1. The number of halogens is 3.